The Bertz CT molecular complexity index is 398. The fraction of sp³-hybridized carbons (Fsp3) is 0.692. The lowest BCUT2D eigenvalue weighted by atomic mass is 10.0. The van der Waals surface area contributed by atoms with Crippen molar-refractivity contribution in [1.82, 2.24) is 15.1 Å². The lowest BCUT2D eigenvalue weighted by molar-refractivity contribution is 0.0939. The maximum atomic E-state index is 12.0. The molecule has 0 saturated carbocycles. The topological polar surface area (TPSA) is 72.9 Å². The summed E-state index contributed by atoms with van der Waals surface area (Å²) in [5.41, 5.74) is 7.40. The van der Waals surface area contributed by atoms with Crippen molar-refractivity contribution >= 4 is 5.91 Å². The van der Waals surface area contributed by atoms with Crippen molar-refractivity contribution in [3.63, 3.8) is 0 Å². The first-order valence-electron chi connectivity index (χ1n) is 6.52. The van der Waals surface area contributed by atoms with Gasteiger partial charge < -0.3 is 11.1 Å². The van der Waals surface area contributed by atoms with Gasteiger partial charge in [-0.25, -0.2) is 0 Å². The minimum atomic E-state index is -0.100. The van der Waals surface area contributed by atoms with Crippen molar-refractivity contribution in [2.75, 3.05) is 6.54 Å². The summed E-state index contributed by atoms with van der Waals surface area (Å²) in [6, 6.07) is 1.81. The smallest absolute Gasteiger partial charge is 0.269 e. The molecule has 5 heteroatoms. The normalized spacial score (nSPS) is 12.8. The Morgan fingerprint density at radius 1 is 1.56 bits per heavy atom. The van der Waals surface area contributed by atoms with Crippen LogP contribution in [0.4, 0.5) is 0 Å². The third-order valence-electron chi connectivity index (χ3n) is 2.73. The van der Waals surface area contributed by atoms with Crippen LogP contribution in [0.15, 0.2) is 6.07 Å². The van der Waals surface area contributed by atoms with Gasteiger partial charge >= 0.3 is 0 Å². The van der Waals surface area contributed by atoms with Crippen molar-refractivity contribution < 1.29 is 4.79 Å². The van der Waals surface area contributed by atoms with Crippen LogP contribution in [0.3, 0.4) is 0 Å². The highest BCUT2D eigenvalue weighted by Gasteiger charge is 2.14. The molecule has 1 rings (SSSR count). The number of hydrogen-bond donors (Lipinski definition) is 2. The Morgan fingerprint density at radius 2 is 2.22 bits per heavy atom. The van der Waals surface area contributed by atoms with Crippen LogP contribution in [-0.2, 0) is 6.54 Å². The Balaban J connectivity index is 2.54. The van der Waals surface area contributed by atoms with Gasteiger partial charge in [-0.1, -0.05) is 13.8 Å². The standard InChI is InChI=1S/C13H24N4O/c1-5-17-12(7-10(4)16-17)13(18)15-8-11(14)6-9(2)3/h7,9,11H,5-6,8,14H2,1-4H3,(H,15,18). The molecule has 0 spiro atoms. The number of nitrogens with zero attached hydrogens (tertiary/aromatic N) is 2. The molecule has 1 unspecified atom stereocenters. The summed E-state index contributed by atoms with van der Waals surface area (Å²) in [7, 11) is 0. The van der Waals surface area contributed by atoms with Crippen LogP contribution in [0.5, 0.6) is 0 Å². The molecule has 0 aliphatic carbocycles. The van der Waals surface area contributed by atoms with Gasteiger partial charge in [0.05, 0.1) is 5.69 Å². The van der Waals surface area contributed by atoms with E-state index < -0.39 is 0 Å². The zero-order chi connectivity index (χ0) is 13.7. The zero-order valence-corrected chi connectivity index (χ0v) is 11.7. The van der Waals surface area contributed by atoms with Gasteiger partial charge in [0.1, 0.15) is 5.69 Å². The number of amides is 1. The van der Waals surface area contributed by atoms with E-state index in [4.69, 9.17) is 5.73 Å². The summed E-state index contributed by atoms with van der Waals surface area (Å²) in [4.78, 5) is 12.0. The molecule has 1 aromatic heterocycles. The molecule has 0 fully saturated rings. The number of nitrogens with two attached hydrogens (primary N) is 1. The van der Waals surface area contributed by atoms with E-state index in [1.807, 2.05) is 13.8 Å². The molecule has 0 aliphatic rings. The van der Waals surface area contributed by atoms with E-state index in [1.54, 1.807) is 10.7 Å². The maximum absolute atomic E-state index is 12.0. The SMILES string of the molecule is CCn1nc(C)cc1C(=O)NCC(N)CC(C)C. The summed E-state index contributed by atoms with van der Waals surface area (Å²) in [6.45, 7) is 9.29. The quantitative estimate of drug-likeness (QED) is 0.802. The molecule has 1 heterocycles. The van der Waals surface area contributed by atoms with E-state index in [1.165, 1.54) is 0 Å². The van der Waals surface area contributed by atoms with Gasteiger partial charge in [0.2, 0.25) is 0 Å². The second-order valence-electron chi connectivity index (χ2n) is 5.09. The van der Waals surface area contributed by atoms with Crippen molar-refractivity contribution in [1.29, 1.82) is 0 Å². The highest BCUT2D eigenvalue weighted by atomic mass is 16.2. The number of rotatable bonds is 6. The van der Waals surface area contributed by atoms with E-state index in [0.29, 0.717) is 24.7 Å². The molecule has 0 aliphatic heterocycles. The number of aryl methyl sites for hydroxylation is 2. The molecule has 0 saturated heterocycles. The number of nitrogens with one attached hydrogen (secondary N) is 1. The molecule has 5 nitrogen and oxygen atoms in total. The highest BCUT2D eigenvalue weighted by Crippen LogP contribution is 2.05. The minimum absolute atomic E-state index is 0.00745. The second kappa shape index (κ2) is 6.54. The van der Waals surface area contributed by atoms with E-state index in [2.05, 4.69) is 24.3 Å². The van der Waals surface area contributed by atoms with Gasteiger partial charge in [0.15, 0.2) is 0 Å². The largest absolute Gasteiger partial charge is 0.349 e. The Kier molecular flexibility index (Phi) is 5.34. The van der Waals surface area contributed by atoms with Crippen molar-refractivity contribution in [2.45, 2.75) is 46.7 Å². The van der Waals surface area contributed by atoms with E-state index >= 15 is 0 Å². The first-order valence-corrected chi connectivity index (χ1v) is 6.52. The van der Waals surface area contributed by atoms with Crippen LogP contribution in [0, 0.1) is 12.8 Å². The van der Waals surface area contributed by atoms with Crippen LogP contribution in [-0.4, -0.2) is 28.3 Å². The first kappa shape index (κ1) is 14.7. The minimum Gasteiger partial charge on any atom is -0.349 e. The average Bonchev–Trinajstić information content (AvgIpc) is 2.66. The van der Waals surface area contributed by atoms with Gasteiger partial charge in [0.25, 0.3) is 5.91 Å². The van der Waals surface area contributed by atoms with Gasteiger partial charge in [-0.2, -0.15) is 5.10 Å². The van der Waals surface area contributed by atoms with Gasteiger partial charge in [0, 0.05) is 19.1 Å². The van der Waals surface area contributed by atoms with Crippen LogP contribution in [0.25, 0.3) is 0 Å². The molecule has 0 bridgehead atoms. The third kappa shape index (κ3) is 4.14. The maximum Gasteiger partial charge on any atom is 0.269 e. The molecular weight excluding hydrogens is 228 g/mol. The molecule has 0 aromatic carbocycles. The molecule has 1 aromatic rings. The Morgan fingerprint density at radius 3 is 2.78 bits per heavy atom. The summed E-state index contributed by atoms with van der Waals surface area (Å²) in [6.07, 6.45) is 0.909. The van der Waals surface area contributed by atoms with Crippen molar-refractivity contribution in [2.24, 2.45) is 11.7 Å². The van der Waals surface area contributed by atoms with E-state index in [-0.39, 0.29) is 11.9 Å². The lowest BCUT2D eigenvalue weighted by Crippen LogP contribution is -2.38. The number of hydrogen-bond acceptors (Lipinski definition) is 3. The van der Waals surface area contributed by atoms with Crippen molar-refractivity contribution in [3.05, 3.63) is 17.5 Å². The zero-order valence-electron chi connectivity index (χ0n) is 11.7. The highest BCUT2D eigenvalue weighted by molar-refractivity contribution is 5.92. The number of carbonyl (C=O) groups is 1. The monoisotopic (exact) mass is 252 g/mol. The lowest BCUT2D eigenvalue weighted by Gasteiger charge is -2.14. The fourth-order valence-electron chi connectivity index (χ4n) is 1.97. The number of carbonyl (C=O) groups excluding carboxylic acids is 1. The summed E-state index contributed by atoms with van der Waals surface area (Å²) in [5, 5.41) is 7.12. The molecule has 3 N–H and O–H groups in total. The summed E-state index contributed by atoms with van der Waals surface area (Å²) >= 11 is 0. The molecule has 1 amide bonds. The van der Waals surface area contributed by atoms with Crippen LogP contribution < -0.4 is 11.1 Å². The van der Waals surface area contributed by atoms with Crippen molar-refractivity contribution in [3.8, 4) is 0 Å². The van der Waals surface area contributed by atoms with Gasteiger partial charge in [-0.05, 0) is 32.3 Å². The average molecular weight is 252 g/mol. The number of aromatic nitrogens is 2. The Hall–Kier alpha value is -1.36. The second-order valence-corrected chi connectivity index (χ2v) is 5.09. The molecule has 0 radical (unpaired) electrons. The van der Waals surface area contributed by atoms with Gasteiger partial charge in [-0.3, -0.25) is 9.48 Å². The Labute approximate surface area is 109 Å². The van der Waals surface area contributed by atoms with E-state index in [9.17, 15) is 4.79 Å². The molecule has 18 heavy (non-hydrogen) atoms. The van der Waals surface area contributed by atoms with Crippen LogP contribution >= 0.6 is 0 Å². The predicted octanol–water partition coefficient (Wildman–Crippen LogP) is 1.31. The third-order valence-corrected chi connectivity index (χ3v) is 2.73. The van der Waals surface area contributed by atoms with E-state index in [0.717, 1.165) is 12.1 Å². The summed E-state index contributed by atoms with van der Waals surface area (Å²) < 4.78 is 1.71. The fourth-order valence-corrected chi connectivity index (χ4v) is 1.97. The summed E-state index contributed by atoms with van der Waals surface area (Å²) in [5.74, 6) is 0.442. The molecule has 102 valence electrons. The molecular formula is C13H24N4O. The predicted molar refractivity (Wildman–Crippen MR) is 72.4 cm³/mol. The van der Waals surface area contributed by atoms with Gasteiger partial charge in [-0.15, -0.1) is 0 Å². The van der Waals surface area contributed by atoms with Crippen LogP contribution in [0.1, 0.15) is 43.4 Å². The first-order chi connectivity index (χ1) is 8.43. The van der Waals surface area contributed by atoms with Crippen LogP contribution in [0.2, 0.25) is 0 Å². The molecule has 1 atom stereocenters.